The Morgan fingerprint density at radius 2 is 1.85 bits per heavy atom. The maximum atomic E-state index is 12.8. The second-order valence-corrected chi connectivity index (χ2v) is 7.67. The van der Waals surface area contributed by atoms with Gasteiger partial charge in [-0.3, -0.25) is 4.79 Å². The molecule has 0 heterocycles. The molecular weight excluding hydrogens is 336 g/mol. The Kier molecular flexibility index (Phi) is 6.04. The van der Waals surface area contributed by atoms with Gasteiger partial charge in [-0.1, -0.05) is 18.2 Å². The average molecular weight is 367 g/mol. The highest BCUT2D eigenvalue weighted by Crippen LogP contribution is 2.36. The molecule has 1 amide bonds. The van der Waals surface area contributed by atoms with Gasteiger partial charge in [-0.25, -0.2) is 0 Å². The van der Waals surface area contributed by atoms with Crippen molar-refractivity contribution >= 4 is 11.6 Å². The summed E-state index contributed by atoms with van der Waals surface area (Å²) >= 11 is 0. The summed E-state index contributed by atoms with van der Waals surface area (Å²) in [5, 5.41) is 0. The van der Waals surface area contributed by atoms with Gasteiger partial charge in [-0.2, -0.15) is 0 Å². The van der Waals surface area contributed by atoms with Crippen LogP contribution in [0.5, 0.6) is 5.75 Å². The molecule has 0 saturated heterocycles. The lowest BCUT2D eigenvalue weighted by Crippen LogP contribution is -2.28. The second-order valence-electron chi connectivity index (χ2n) is 7.67. The standard InChI is InChI=1S/C23H30N2O2/c1-24(2)20-10-8-17(9-11-20)16-25(3)23(26)15-19-7-5-6-18-14-21(27-4)12-13-22(18)19/h8-14,19H,5-7,15-16H2,1-4H3. The number of fused-ring (bicyclic) bond motifs is 1. The van der Waals surface area contributed by atoms with Crippen LogP contribution in [0.2, 0.25) is 0 Å². The van der Waals surface area contributed by atoms with Crippen LogP contribution in [0.3, 0.4) is 0 Å². The summed E-state index contributed by atoms with van der Waals surface area (Å²) in [5.41, 5.74) is 4.98. The molecule has 0 radical (unpaired) electrons. The zero-order valence-electron chi connectivity index (χ0n) is 16.9. The SMILES string of the molecule is COc1ccc2c(c1)CCCC2CC(=O)N(C)Cc1ccc(N(C)C)cc1. The van der Waals surface area contributed by atoms with E-state index in [0.29, 0.717) is 18.9 Å². The molecule has 4 heteroatoms. The number of hydrogen-bond acceptors (Lipinski definition) is 3. The van der Waals surface area contributed by atoms with E-state index < -0.39 is 0 Å². The number of methoxy groups -OCH3 is 1. The fraction of sp³-hybridized carbons (Fsp3) is 0.435. The van der Waals surface area contributed by atoms with Crippen molar-refractivity contribution in [2.75, 3.05) is 33.2 Å². The van der Waals surface area contributed by atoms with E-state index in [2.05, 4.69) is 41.3 Å². The zero-order valence-corrected chi connectivity index (χ0v) is 16.9. The van der Waals surface area contributed by atoms with E-state index in [0.717, 1.165) is 30.6 Å². The van der Waals surface area contributed by atoms with Gasteiger partial charge in [-0.05, 0) is 66.1 Å². The van der Waals surface area contributed by atoms with Crippen molar-refractivity contribution in [2.24, 2.45) is 0 Å². The predicted molar refractivity (Wildman–Crippen MR) is 111 cm³/mol. The quantitative estimate of drug-likeness (QED) is 0.767. The van der Waals surface area contributed by atoms with Gasteiger partial charge in [0, 0.05) is 39.8 Å². The molecule has 4 nitrogen and oxygen atoms in total. The zero-order chi connectivity index (χ0) is 19.4. The van der Waals surface area contributed by atoms with Crippen molar-refractivity contribution in [2.45, 2.75) is 38.1 Å². The summed E-state index contributed by atoms with van der Waals surface area (Å²) < 4.78 is 5.35. The molecule has 1 unspecified atom stereocenters. The fourth-order valence-corrected chi connectivity index (χ4v) is 3.86. The predicted octanol–water partition coefficient (Wildman–Crippen LogP) is 4.23. The number of anilines is 1. The first kappa shape index (κ1) is 19.3. The smallest absolute Gasteiger partial charge is 0.223 e. The van der Waals surface area contributed by atoms with Crippen molar-refractivity contribution in [3.63, 3.8) is 0 Å². The van der Waals surface area contributed by atoms with Crippen molar-refractivity contribution in [3.8, 4) is 5.75 Å². The monoisotopic (exact) mass is 366 g/mol. The molecule has 1 atom stereocenters. The number of amides is 1. The summed E-state index contributed by atoms with van der Waals surface area (Å²) in [6.07, 6.45) is 3.86. The number of nitrogens with zero attached hydrogens (tertiary/aromatic N) is 2. The molecule has 144 valence electrons. The van der Waals surface area contributed by atoms with E-state index in [-0.39, 0.29) is 5.91 Å². The summed E-state index contributed by atoms with van der Waals surface area (Å²) in [6.45, 7) is 0.648. The third kappa shape index (κ3) is 4.62. The average Bonchev–Trinajstić information content (AvgIpc) is 2.68. The molecule has 0 aliphatic heterocycles. The number of carbonyl (C=O) groups is 1. The van der Waals surface area contributed by atoms with Gasteiger partial charge < -0.3 is 14.5 Å². The van der Waals surface area contributed by atoms with Crippen LogP contribution in [0.15, 0.2) is 42.5 Å². The topological polar surface area (TPSA) is 32.8 Å². The minimum absolute atomic E-state index is 0.209. The highest BCUT2D eigenvalue weighted by atomic mass is 16.5. The Hall–Kier alpha value is -2.49. The van der Waals surface area contributed by atoms with Crippen molar-refractivity contribution in [1.29, 1.82) is 0 Å². The summed E-state index contributed by atoms with van der Waals surface area (Å²) in [4.78, 5) is 16.7. The van der Waals surface area contributed by atoms with Crippen LogP contribution in [0.25, 0.3) is 0 Å². The molecule has 0 saturated carbocycles. The highest BCUT2D eigenvalue weighted by Gasteiger charge is 2.24. The molecule has 27 heavy (non-hydrogen) atoms. The summed E-state index contributed by atoms with van der Waals surface area (Å²) in [5.74, 6) is 1.42. The molecule has 0 bridgehead atoms. The molecule has 1 aliphatic rings. The van der Waals surface area contributed by atoms with E-state index >= 15 is 0 Å². The van der Waals surface area contributed by atoms with Gasteiger partial charge in [0.2, 0.25) is 5.91 Å². The Labute approximate surface area is 162 Å². The largest absolute Gasteiger partial charge is 0.497 e. The van der Waals surface area contributed by atoms with Gasteiger partial charge in [0.05, 0.1) is 7.11 Å². The maximum absolute atomic E-state index is 12.8. The first-order valence-corrected chi connectivity index (χ1v) is 9.65. The fourth-order valence-electron chi connectivity index (χ4n) is 3.86. The lowest BCUT2D eigenvalue weighted by molar-refractivity contribution is -0.130. The highest BCUT2D eigenvalue weighted by molar-refractivity contribution is 5.77. The van der Waals surface area contributed by atoms with Crippen molar-refractivity contribution < 1.29 is 9.53 Å². The van der Waals surface area contributed by atoms with Crippen LogP contribution in [0.4, 0.5) is 5.69 Å². The summed E-state index contributed by atoms with van der Waals surface area (Å²) in [6, 6.07) is 14.7. The van der Waals surface area contributed by atoms with E-state index in [9.17, 15) is 4.79 Å². The van der Waals surface area contributed by atoms with Crippen LogP contribution < -0.4 is 9.64 Å². The van der Waals surface area contributed by atoms with Gasteiger partial charge in [0.15, 0.2) is 0 Å². The molecule has 3 rings (SSSR count). The minimum Gasteiger partial charge on any atom is -0.497 e. The van der Waals surface area contributed by atoms with E-state index in [1.807, 2.05) is 32.1 Å². The number of hydrogen-bond donors (Lipinski definition) is 0. The molecule has 0 N–H and O–H groups in total. The number of aryl methyl sites for hydroxylation is 1. The Bertz CT molecular complexity index is 783. The lowest BCUT2D eigenvalue weighted by Gasteiger charge is -2.27. The second kappa shape index (κ2) is 8.47. The number of carbonyl (C=O) groups excluding carboxylic acids is 1. The summed E-state index contributed by atoms with van der Waals surface area (Å²) in [7, 11) is 7.66. The first-order valence-electron chi connectivity index (χ1n) is 9.65. The van der Waals surface area contributed by atoms with Gasteiger partial charge in [0.1, 0.15) is 5.75 Å². The molecule has 2 aromatic rings. The van der Waals surface area contributed by atoms with Gasteiger partial charge in [-0.15, -0.1) is 0 Å². The van der Waals surface area contributed by atoms with Crippen LogP contribution in [0, 0.1) is 0 Å². The first-order chi connectivity index (χ1) is 13.0. The van der Waals surface area contributed by atoms with E-state index in [1.54, 1.807) is 7.11 Å². The lowest BCUT2D eigenvalue weighted by atomic mass is 9.80. The van der Waals surface area contributed by atoms with Gasteiger partial charge in [0.25, 0.3) is 0 Å². The van der Waals surface area contributed by atoms with E-state index in [1.165, 1.54) is 16.8 Å². The molecule has 0 spiro atoms. The molecule has 2 aromatic carbocycles. The van der Waals surface area contributed by atoms with Crippen LogP contribution in [0.1, 0.15) is 41.9 Å². The van der Waals surface area contributed by atoms with Crippen molar-refractivity contribution in [3.05, 3.63) is 59.2 Å². The normalized spacial score (nSPS) is 15.8. The maximum Gasteiger partial charge on any atom is 0.223 e. The minimum atomic E-state index is 0.209. The molecule has 1 aliphatic carbocycles. The number of ether oxygens (including phenoxy) is 1. The Balaban J connectivity index is 1.63. The molecule has 0 fully saturated rings. The van der Waals surface area contributed by atoms with Crippen LogP contribution in [-0.4, -0.2) is 39.1 Å². The van der Waals surface area contributed by atoms with Crippen molar-refractivity contribution in [1.82, 2.24) is 4.90 Å². The Morgan fingerprint density at radius 3 is 2.52 bits per heavy atom. The number of rotatable bonds is 6. The number of benzene rings is 2. The molecule has 0 aromatic heterocycles. The van der Waals surface area contributed by atoms with Crippen LogP contribution >= 0.6 is 0 Å². The van der Waals surface area contributed by atoms with Gasteiger partial charge >= 0.3 is 0 Å². The molecular formula is C23H30N2O2. The third-order valence-electron chi connectivity index (χ3n) is 5.51. The van der Waals surface area contributed by atoms with Crippen LogP contribution in [-0.2, 0) is 17.8 Å². The Morgan fingerprint density at radius 1 is 1.11 bits per heavy atom. The third-order valence-corrected chi connectivity index (χ3v) is 5.51. The van der Waals surface area contributed by atoms with E-state index in [4.69, 9.17) is 4.74 Å².